The van der Waals surface area contributed by atoms with Gasteiger partial charge in [0.15, 0.2) is 0 Å². The first-order chi connectivity index (χ1) is 8.72. The fourth-order valence-corrected chi connectivity index (χ4v) is 4.40. The van der Waals surface area contributed by atoms with Crippen LogP contribution in [0.5, 0.6) is 0 Å². The highest BCUT2D eigenvalue weighted by Gasteiger charge is 2.27. The van der Waals surface area contributed by atoms with Gasteiger partial charge in [-0.25, -0.2) is 0 Å². The minimum Gasteiger partial charge on any atom is -0.427 e. The van der Waals surface area contributed by atoms with Crippen molar-refractivity contribution in [2.24, 2.45) is 0 Å². The van der Waals surface area contributed by atoms with Gasteiger partial charge in [0, 0.05) is 0 Å². The molecule has 0 aliphatic heterocycles. The Kier molecular flexibility index (Phi) is 4.13. The molecule has 0 bridgehead atoms. The van der Waals surface area contributed by atoms with Crippen molar-refractivity contribution in [3.63, 3.8) is 0 Å². The van der Waals surface area contributed by atoms with Gasteiger partial charge in [-0.05, 0) is 23.2 Å². The Balaban J connectivity index is 2.13. The number of hydrogen-bond acceptors (Lipinski definition) is 1. The summed E-state index contributed by atoms with van der Waals surface area (Å²) in [6, 6.07) is 21.7. The van der Waals surface area contributed by atoms with E-state index in [0.29, 0.717) is 0 Å². The smallest absolute Gasteiger partial charge is 0.221 e. The van der Waals surface area contributed by atoms with Gasteiger partial charge in [-0.2, -0.15) is 0 Å². The van der Waals surface area contributed by atoms with Gasteiger partial charge in [-0.15, -0.1) is 6.58 Å². The van der Waals surface area contributed by atoms with Crippen LogP contribution >= 0.6 is 0 Å². The van der Waals surface area contributed by atoms with Crippen LogP contribution in [0.1, 0.15) is 11.1 Å². The second kappa shape index (κ2) is 5.80. The van der Waals surface area contributed by atoms with Gasteiger partial charge in [0.05, 0.1) is 0 Å². The third-order valence-electron chi connectivity index (χ3n) is 3.09. The van der Waals surface area contributed by atoms with Crippen LogP contribution in [0.4, 0.5) is 0 Å². The summed E-state index contributed by atoms with van der Waals surface area (Å²) < 4.78 is 0. The molecule has 0 saturated carbocycles. The molecule has 0 fully saturated rings. The molecule has 2 rings (SSSR count). The van der Waals surface area contributed by atoms with Crippen LogP contribution in [0, 0.1) is 0 Å². The van der Waals surface area contributed by atoms with Crippen LogP contribution in [0.2, 0.25) is 0 Å². The van der Waals surface area contributed by atoms with Crippen molar-refractivity contribution in [3.8, 4) is 0 Å². The van der Waals surface area contributed by atoms with Gasteiger partial charge in [-0.1, -0.05) is 66.4 Å². The fourth-order valence-electron chi connectivity index (χ4n) is 2.11. The molecule has 0 aromatic heterocycles. The van der Waals surface area contributed by atoms with Crippen molar-refractivity contribution in [1.29, 1.82) is 0 Å². The monoisotopic (exact) mass is 254 g/mol. The van der Waals surface area contributed by atoms with Crippen LogP contribution in [-0.4, -0.2) is 13.1 Å². The van der Waals surface area contributed by atoms with Crippen LogP contribution < -0.4 is 0 Å². The summed E-state index contributed by atoms with van der Waals surface area (Å²) in [4.78, 5) is 10.7. The molecule has 0 radical (unpaired) electrons. The third-order valence-corrected chi connectivity index (χ3v) is 5.89. The second-order valence-corrected chi connectivity index (χ2v) is 7.95. The van der Waals surface area contributed by atoms with Crippen molar-refractivity contribution in [3.05, 3.63) is 84.1 Å². The maximum atomic E-state index is 10.7. The van der Waals surface area contributed by atoms with E-state index < -0.39 is 8.32 Å². The Labute approximate surface area is 110 Å². The summed E-state index contributed by atoms with van der Waals surface area (Å²) in [6.45, 7) is 3.84. The lowest BCUT2D eigenvalue weighted by molar-refractivity contribution is 0.543. The van der Waals surface area contributed by atoms with E-state index in [0.717, 1.165) is 12.1 Å². The maximum Gasteiger partial charge on any atom is 0.221 e. The molecule has 2 aromatic rings. The molecule has 0 amide bonds. The molecule has 18 heavy (non-hydrogen) atoms. The molecule has 0 saturated heterocycles. The van der Waals surface area contributed by atoms with Crippen molar-refractivity contribution in [2.75, 3.05) is 0 Å². The van der Waals surface area contributed by atoms with Crippen LogP contribution in [0.3, 0.4) is 0 Å². The van der Waals surface area contributed by atoms with E-state index in [1.807, 2.05) is 36.4 Å². The average molecular weight is 254 g/mol. The first-order valence-corrected chi connectivity index (χ1v) is 8.59. The van der Waals surface area contributed by atoms with Crippen molar-refractivity contribution in [2.45, 2.75) is 12.1 Å². The van der Waals surface area contributed by atoms with Gasteiger partial charge in [0.25, 0.3) is 0 Å². The third kappa shape index (κ3) is 3.42. The van der Waals surface area contributed by atoms with Gasteiger partial charge < -0.3 is 4.80 Å². The second-order valence-electron chi connectivity index (χ2n) is 4.63. The van der Waals surface area contributed by atoms with Gasteiger partial charge in [0.2, 0.25) is 8.32 Å². The SMILES string of the molecule is C=C[Si](O)(Cc1ccccc1)Cc1ccccc1. The van der Waals surface area contributed by atoms with E-state index in [1.54, 1.807) is 5.70 Å². The lowest BCUT2D eigenvalue weighted by Gasteiger charge is -2.21. The summed E-state index contributed by atoms with van der Waals surface area (Å²) in [6.07, 6.45) is 0. The molecule has 0 unspecified atom stereocenters. The molecule has 2 aromatic carbocycles. The highest BCUT2D eigenvalue weighted by molar-refractivity contribution is 6.76. The number of rotatable bonds is 5. The number of benzene rings is 2. The molecule has 2 heteroatoms. The molecule has 0 spiro atoms. The Hall–Kier alpha value is -1.64. The van der Waals surface area contributed by atoms with E-state index >= 15 is 0 Å². The predicted molar refractivity (Wildman–Crippen MR) is 78.5 cm³/mol. The highest BCUT2D eigenvalue weighted by atomic mass is 28.4. The lowest BCUT2D eigenvalue weighted by atomic mass is 10.2. The van der Waals surface area contributed by atoms with Crippen LogP contribution in [0.25, 0.3) is 0 Å². The van der Waals surface area contributed by atoms with E-state index in [-0.39, 0.29) is 0 Å². The molecule has 92 valence electrons. The first-order valence-electron chi connectivity index (χ1n) is 6.16. The zero-order valence-electron chi connectivity index (χ0n) is 10.4. The Bertz CT molecular complexity index is 452. The molecule has 0 aliphatic carbocycles. The summed E-state index contributed by atoms with van der Waals surface area (Å²) in [5, 5.41) is 0. The van der Waals surface area contributed by atoms with E-state index in [2.05, 4.69) is 30.8 Å². The highest BCUT2D eigenvalue weighted by Crippen LogP contribution is 2.16. The predicted octanol–water partition coefficient (Wildman–Crippen LogP) is 3.21. The summed E-state index contributed by atoms with van der Waals surface area (Å²) >= 11 is 0. The maximum absolute atomic E-state index is 10.7. The largest absolute Gasteiger partial charge is 0.427 e. The fraction of sp³-hybridized carbons (Fsp3) is 0.125. The quantitative estimate of drug-likeness (QED) is 0.812. The Morgan fingerprint density at radius 1 is 0.833 bits per heavy atom. The van der Waals surface area contributed by atoms with Crippen LogP contribution in [0.15, 0.2) is 72.9 Å². The summed E-state index contributed by atoms with van der Waals surface area (Å²) in [5.74, 6) is 0. The van der Waals surface area contributed by atoms with E-state index in [9.17, 15) is 4.80 Å². The van der Waals surface area contributed by atoms with Gasteiger partial charge in [0.1, 0.15) is 0 Å². The summed E-state index contributed by atoms with van der Waals surface area (Å²) in [7, 11) is -2.44. The zero-order chi connectivity index (χ0) is 12.8. The molecular formula is C16H18OSi. The average Bonchev–Trinajstić information content (AvgIpc) is 2.41. The minimum atomic E-state index is -2.44. The molecular weight excluding hydrogens is 236 g/mol. The zero-order valence-corrected chi connectivity index (χ0v) is 11.4. The molecule has 0 aliphatic rings. The molecule has 1 N–H and O–H groups in total. The Morgan fingerprint density at radius 2 is 1.22 bits per heavy atom. The van der Waals surface area contributed by atoms with Crippen LogP contribution in [-0.2, 0) is 12.1 Å². The topological polar surface area (TPSA) is 20.2 Å². The van der Waals surface area contributed by atoms with Gasteiger partial charge >= 0.3 is 0 Å². The van der Waals surface area contributed by atoms with Crippen molar-refractivity contribution >= 4 is 8.32 Å². The molecule has 0 heterocycles. The minimum absolute atomic E-state index is 0.728. The lowest BCUT2D eigenvalue weighted by Crippen LogP contribution is -2.39. The standard InChI is InChI=1S/C16H18OSi/c1-2-18(17,13-15-9-5-3-6-10-15)14-16-11-7-4-8-12-16/h2-12,17H,1,13-14H2. The van der Waals surface area contributed by atoms with Gasteiger partial charge in [-0.3, -0.25) is 0 Å². The van der Waals surface area contributed by atoms with Crippen molar-refractivity contribution in [1.82, 2.24) is 0 Å². The number of hydrogen-bond donors (Lipinski definition) is 1. The molecule has 1 nitrogen and oxygen atoms in total. The first kappa shape index (κ1) is 12.8. The van der Waals surface area contributed by atoms with E-state index in [4.69, 9.17) is 0 Å². The van der Waals surface area contributed by atoms with E-state index in [1.165, 1.54) is 11.1 Å². The molecule has 0 atom stereocenters. The summed E-state index contributed by atoms with van der Waals surface area (Å²) in [5.41, 5.74) is 4.15. The Morgan fingerprint density at radius 3 is 1.56 bits per heavy atom. The normalized spacial score (nSPS) is 11.2. The van der Waals surface area contributed by atoms with Crippen molar-refractivity contribution < 1.29 is 4.80 Å².